The molecule has 1 atom stereocenters. The molecule has 1 unspecified atom stereocenters. The van der Waals surface area contributed by atoms with E-state index in [2.05, 4.69) is 9.97 Å². The lowest BCUT2D eigenvalue weighted by Crippen LogP contribution is -2.35. The van der Waals surface area contributed by atoms with E-state index in [-0.39, 0.29) is 18.6 Å². The fraction of sp³-hybridized carbons (Fsp3) is 0.529. The Kier molecular flexibility index (Phi) is 4.93. The number of likely N-dealkylation sites (tertiary alicyclic amines) is 1. The summed E-state index contributed by atoms with van der Waals surface area (Å²) in [6, 6.07) is 6.23. The highest BCUT2D eigenvalue weighted by Gasteiger charge is 2.18. The van der Waals surface area contributed by atoms with E-state index in [9.17, 15) is 4.79 Å². The van der Waals surface area contributed by atoms with Crippen molar-refractivity contribution < 1.29 is 9.53 Å². The molecule has 2 aromatic rings. The second-order valence-electron chi connectivity index (χ2n) is 6.22. The number of carbonyl (C=O) groups excluding carboxylic acids is 1. The molecule has 2 heterocycles. The number of fused-ring (bicyclic) bond motifs is 1. The average Bonchev–Trinajstić information content (AvgIpc) is 2.82. The van der Waals surface area contributed by atoms with Crippen LogP contribution in [-0.4, -0.2) is 46.5 Å². The van der Waals surface area contributed by atoms with E-state index in [4.69, 9.17) is 10.5 Å². The lowest BCUT2D eigenvalue weighted by Gasteiger charge is -2.20. The minimum atomic E-state index is 0.0337. The quantitative estimate of drug-likeness (QED) is 0.899. The summed E-state index contributed by atoms with van der Waals surface area (Å²) in [5.41, 5.74) is 9.02. The number of H-pyrrole nitrogens is 1. The van der Waals surface area contributed by atoms with Crippen molar-refractivity contribution in [2.75, 3.05) is 19.7 Å². The predicted molar refractivity (Wildman–Crippen MR) is 88.9 cm³/mol. The molecule has 3 rings (SSSR count). The van der Waals surface area contributed by atoms with Gasteiger partial charge in [0.15, 0.2) is 0 Å². The molecule has 1 amide bonds. The molecule has 6 nitrogen and oxygen atoms in total. The molecule has 0 saturated carbocycles. The lowest BCUT2D eigenvalue weighted by molar-refractivity contribution is -0.136. The molecule has 1 fully saturated rings. The molecule has 124 valence electrons. The standard InChI is InChI=1S/C17H24N4O2/c1-12-4-2-6-14-17(12)20-15(19-14)10-23-11-16(22)21-8-3-5-13(18)7-9-21/h2,4,6,13H,3,5,7-11,18H2,1H3,(H,19,20). The van der Waals surface area contributed by atoms with Gasteiger partial charge < -0.3 is 20.4 Å². The van der Waals surface area contributed by atoms with Crippen LogP contribution in [0.15, 0.2) is 18.2 Å². The molecule has 1 aliphatic heterocycles. The third-order valence-corrected chi connectivity index (χ3v) is 4.35. The van der Waals surface area contributed by atoms with Crippen LogP contribution in [0.25, 0.3) is 11.0 Å². The minimum Gasteiger partial charge on any atom is -0.364 e. The fourth-order valence-corrected chi connectivity index (χ4v) is 2.99. The molecule has 1 aromatic heterocycles. The summed E-state index contributed by atoms with van der Waals surface area (Å²) in [6.07, 6.45) is 2.83. The van der Waals surface area contributed by atoms with Gasteiger partial charge in [0.25, 0.3) is 0 Å². The number of imidazole rings is 1. The van der Waals surface area contributed by atoms with Gasteiger partial charge in [0.1, 0.15) is 19.0 Å². The second kappa shape index (κ2) is 7.10. The Hall–Kier alpha value is -1.92. The molecule has 1 saturated heterocycles. The molecule has 0 spiro atoms. The summed E-state index contributed by atoms with van der Waals surface area (Å²) in [5, 5.41) is 0. The van der Waals surface area contributed by atoms with Crippen molar-refractivity contribution in [3.63, 3.8) is 0 Å². The van der Waals surface area contributed by atoms with Crippen molar-refractivity contribution in [1.29, 1.82) is 0 Å². The third-order valence-electron chi connectivity index (χ3n) is 4.35. The van der Waals surface area contributed by atoms with E-state index in [1.165, 1.54) is 0 Å². The van der Waals surface area contributed by atoms with Crippen LogP contribution in [0.1, 0.15) is 30.7 Å². The second-order valence-corrected chi connectivity index (χ2v) is 6.22. The Morgan fingerprint density at radius 2 is 2.30 bits per heavy atom. The topological polar surface area (TPSA) is 84.2 Å². The summed E-state index contributed by atoms with van der Waals surface area (Å²) in [5.74, 6) is 0.784. The Bertz CT molecular complexity index is 682. The molecule has 1 aliphatic rings. The van der Waals surface area contributed by atoms with Crippen LogP contribution in [0, 0.1) is 6.92 Å². The van der Waals surface area contributed by atoms with Crippen LogP contribution >= 0.6 is 0 Å². The lowest BCUT2D eigenvalue weighted by atomic mass is 10.1. The number of aromatic amines is 1. The van der Waals surface area contributed by atoms with Crippen molar-refractivity contribution >= 4 is 16.9 Å². The van der Waals surface area contributed by atoms with Crippen LogP contribution in [0.2, 0.25) is 0 Å². The van der Waals surface area contributed by atoms with Crippen molar-refractivity contribution in [3.8, 4) is 0 Å². The SMILES string of the molecule is Cc1cccc2[nH]c(COCC(=O)N3CCCC(N)CC3)nc12. The Morgan fingerprint density at radius 3 is 3.13 bits per heavy atom. The van der Waals surface area contributed by atoms with Crippen molar-refractivity contribution in [2.45, 2.75) is 38.8 Å². The maximum atomic E-state index is 12.2. The molecule has 0 radical (unpaired) electrons. The van der Waals surface area contributed by atoms with Gasteiger partial charge in [0.2, 0.25) is 5.91 Å². The molecule has 3 N–H and O–H groups in total. The van der Waals surface area contributed by atoms with Gasteiger partial charge in [-0.1, -0.05) is 12.1 Å². The van der Waals surface area contributed by atoms with Gasteiger partial charge in [-0.15, -0.1) is 0 Å². The minimum absolute atomic E-state index is 0.0337. The highest BCUT2D eigenvalue weighted by Crippen LogP contribution is 2.16. The molecular formula is C17H24N4O2. The van der Waals surface area contributed by atoms with Gasteiger partial charge in [0, 0.05) is 19.1 Å². The van der Waals surface area contributed by atoms with E-state index in [0.717, 1.165) is 54.8 Å². The van der Waals surface area contributed by atoms with Gasteiger partial charge in [-0.05, 0) is 37.8 Å². The number of amides is 1. The van der Waals surface area contributed by atoms with E-state index in [1.807, 2.05) is 30.0 Å². The molecule has 0 bridgehead atoms. The van der Waals surface area contributed by atoms with Gasteiger partial charge in [-0.3, -0.25) is 4.79 Å². The number of nitrogens with one attached hydrogen (secondary N) is 1. The molecule has 6 heteroatoms. The van der Waals surface area contributed by atoms with Crippen LogP contribution in [0.3, 0.4) is 0 Å². The summed E-state index contributed by atoms with van der Waals surface area (Å²) < 4.78 is 5.56. The van der Waals surface area contributed by atoms with Crippen molar-refractivity contribution in [3.05, 3.63) is 29.6 Å². The monoisotopic (exact) mass is 316 g/mol. The van der Waals surface area contributed by atoms with Gasteiger partial charge >= 0.3 is 0 Å². The number of carbonyl (C=O) groups is 1. The van der Waals surface area contributed by atoms with E-state index in [1.54, 1.807) is 0 Å². The molecule has 23 heavy (non-hydrogen) atoms. The van der Waals surface area contributed by atoms with Crippen LogP contribution in [0.4, 0.5) is 0 Å². The Balaban J connectivity index is 1.52. The number of rotatable bonds is 4. The zero-order valence-electron chi connectivity index (χ0n) is 13.5. The maximum Gasteiger partial charge on any atom is 0.248 e. The zero-order chi connectivity index (χ0) is 16.2. The zero-order valence-corrected chi connectivity index (χ0v) is 13.5. The molecular weight excluding hydrogens is 292 g/mol. The number of para-hydroxylation sites is 1. The van der Waals surface area contributed by atoms with Gasteiger partial charge in [-0.2, -0.15) is 0 Å². The van der Waals surface area contributed by atoms with Crippen LogP contribution in [-0.2, 0) is 16.1 Å². The highest BCUT2D eigenvalue weighted by atomic mass is 16.5. The largest absolute Gasteiger partial charge is 0.364 e. The highest BCUT2D eigenvalue weighted by molar-refractivity contribution is 5.78. The number of benzene rings is 1. The Morgan fingerprint density at radius 1 is 1.43 bits per heavy atom. The Labute approximate surface area is 136 Å². The first-order valence-electron chi connectivity index (χ1n) is 8.19. The van der Waals surface area contributed by atoms with Crippen molar-refractivity contribution in [1.82, 2.24) is 14.9 Å². The van der Waals surface area contributed by atoms with Crippen molar-refractivity contribution in [2.24, 2.45) is 5.73 Å². The number of nitrogens with two attached hydrogens (primary N) is 1. The summed E-state index contributed by atoms with van der Waals surface area (Å²) >= 11 is 0. The first kappa shape index (κ1) is 16.0. The first-order valence-corrected chi connectivity index (χ1v) is 8.19. The maximum absolute atomic E-state index is 12.2. The van der Waals surface area contributed by atoms with Gasteiger partial charge in [-0.25, -0.2) is 4.98 Å². The van der Waals surface area contributed by atoms with E-state index < -0.39 is 0 Å². The first-order chi connectivity index (χ1) is 11.1. The molecule has 1 aromatic carbocycles. The van der Waals surface area contributed by atoms with E-state index in [0.29, 0.717) is 6.61 Å². The summed E-state index contributed by atoms with van der Waals surface area (Å²) in [7, 11) is 0. The average molecular weight is 316 g/mol. The molecule has 0 aliphatic carbocycles. The number of aromatic nitrogens is 2. The number of hydrogen-bond acceptors (Lipinski definition) is 4. The number of ether oxygens (including phenoxy) is 1. The summed E-state index contributed by atoms with van der Waals surface area (Å²) in [4.78, 5) is 21.8. The van der Waals surface area contributed by atoms with Crippen LogP contribution < -0.4 is 5.73 Å². The van der Waals surface area contributed by atoms with Gasteiger partial charge in [0.05, 0.1) is 11.0 Å². The number of aryl methyl sites for hydroxylation is 1. The predicted octanol–water partition coefficient (Wildman–Crippen LogP) is 1.73. The third kappa shape index (κ3) is 3.89. The fourth-order valence-electron chi connectivity index (χ4n) is 2.99. The number of hydrogen-bond donors (Lipinski definition) is 2. The summed E-state index contributed by atoms with van der Waals surface area (Å²) in [6.45, 7) is 3.94. The van der Waals surface area contributed by atoms with E-state index >= 15 is 0 Å². The van der Waals surface area contributed by atoms with Crippen LogP contribution in [0.5, 0.6) is 0 Å². The number of nitrogens with zero attached hydrogens (tertiary/aromatic N) is 2. The smallest absolute Gasteiger partial charge is 0.248 e. The normalized spacial score (nSPS) is 19.0.